The minimum absolute atomic E-state index is 0.0157. The molecule has 18 heteroatoms. The van der Waals surface area contributed by atoms with Crippen molar-refractivity contribution in [2.45, 2.75) is 15.8 Å². The number of benzene rings is 1. The Morgan fingerprint density at radius 1 is 1.37 bits per heavy atom. The molecule has 2 aromatic heterocycles. The van der Waals surface area contributed by atoms with Gasteiger partial charge in [0.25, 0.3) is 5.91 Å². The number of carbonyl (C=O) groups excluding carboxylic acids is 2. The Morgan fingerprint density at radius 2 is 2.16 bits per heavy atom. The van der Waals surface area contributed by atoms with Crippen molar-refractivity contribution >= 4 is 86.6 Å². The number of β-lactam (4-membered cyclic amide) rings is 1. The van der Waals surface area contributed by atoms with Crippen LogP contribution < -0.4 is 15.9 Å². The van der Waals surface area contributed by atoms with Gasteiger partial charge in [-0.15, -0.1) is 22.0 Å². The van der Waals surface area contributed by atoms with Crippen LogP contribution in [0.2, 0.25) is 5.02 Å². The van der Waals surface area contributed by atoms with E-state index in [2.05, 4.69) is 30.0 Å². The lowest BCUT2D eigenvalue weighted by Crippen LogP contribution is -2.74. The van der Waals surface area contributed by atoms with Crippen molar-refractivity contribution in [2.75, 3.05) is 23.8 Å². The molecule has 2 fully saturated rings. The fraction of sp³-hybridized carbons (Fsp3) is 0.300. The fourth-order valence-electron chi connectivity index (χ4n) is 3.65. The van der Waals surface area contributed by atoms with E-state index in [-0.39, 0.29) is 34.7 Å². The molecule has 0 saturated carbocycles. The Hall–Kier alpha value is -2.99. The van der Waals surface area contributed by atoms with Gasteiger partial charge in [-0.3, -0.25) is 14.4 Å². The number of oxime groups is 1. The van der Waals surface area contributed by atoms with Crippen LogP contribution in [0.15, 0.2) is 39.3 Å². The number of amides is 2. The summed E-state index contributed by atoms with van der Waals surface area (Å²) < 4.78 is 4.69. The molecule has 1 aromatic carbocycles. The molecule has 2 saturated heterocycles. The first-order valence-corrected chi connectivity index (χ1v) is 14.8. The SMILES string of the molecule is Nc1nc(C(=NOc2ccc(Cl)cc2)C(=O)NC2C(=O)N3CC(CSc4nncs4)(C(=O)O)CS[C@H]23)ns1. The van der Waals surface area contributed by atoms with E-state index < -0.39 is 34.6 Å². The minimum Gasteiger partial charge on any atom is -0.481 e. The van der Waals surface area contributed by atoms with Crippen molar-refractivity contribution in [1.29, 1.82) is 0 Å². The number of halogens is 1. The molecule has 0 bridgehead atoms. The molecule has 3 aromatic rings. The van der Waals surface area contributed by atoms with Gasteiger partial charge in [0.2, 0.25) is 17.4 Å². The third-order valence-electron chi connectivity index (χ3n) is 5.62. The predicted octanol–water partition coefficient (Wildman–Crippen LogP) is 1.67. The lowest BCUT2D eigenvalue weighted by molar-refractivity contribution is -0.157. The average molecular weight is 613 g/mol. The molecule has 0 spiro atoms. The van der Waals surface area contributed by atoms with Gasteiger partial charge in [-0.1, -0.05) is 39.9 Å². The maximum atomic E-state index is 13.2. The maximum Gasteiger partial charge on any atom is 0.313 e. The molecular formula is C20H17ClN8O5S4. The van der Waals surface area contributed by atoms with Gasteiger partial charge in [-0.25, -0.2) is 0 Å². The van der Waals surface area contributed by atoms with Crippen LogP contribution in [0.25, 0.3) is 0 Å². The molecule has 2 unspecified atom stereocenters. The molecule has 13 nitrogen and oxygen atoms in total. The third kappa shape index (κ3) is 5.42. The lowest BCUT2D eigenvalue weighted by Gasteiger charge is -2.53. The summed E-state index contributed by atoms with van der Waals surface area (Å²) >= 11 is 10.7. The van der Waals surface area contributed by atoms with E-state index in [0.717, 1.165) is 11.5 Å². The van der Waals surface area contributed by atoms with Gasteiger partial charge >= 0.3 is 5.97 Å². The van der Waals surface area contributed by atoms with Crippen molar-refractivity contribution < 1.29 is 24.3 Å². The first-order chi connectivity index (χ1) is 18.3. The van der Waals surface area contributed by atoms with E-state index in [1.165, 1.54) is 39.8 Å². The zero-order valence-corrected chi connectivity index (χ0v) is 23.0. The highest BCUT2D eigenvalue weighted by molar-refractivity contribution is 8.01. The first-order valence-electron chi connectivity index (χ1n) is 10.7. The number of carboxylic acids is 1. The van der Waals surface area contributed by atoms with E-state index in [9.17, 15) is 19.5 Å². The summed E-state index contributed by atoms with van der Waals surface area (Å²) in [6.07, 6.45) is 0. The molecule has 2 aliphatic rings. The van der Waals surface area contributed by atoms with E-state index in [4.69, 9.17) is 22.2 Å². The number of carbonyl (C=O) groups is 3. The van der Waals surface area contributed by atoms with Crippen LogP contribution in [-0.4, -0.2) is 82.5 Å². The monoisotopic (exact) mass is 612 g/mol. The van der Waals surface area contributed by atoms with E-state index in [1.54, 1.807) is 29.8 Å². The first kappa shape index (κ1) is 26.6. The van der Waals surface area contributed by atoms with Gasteiger partial charge < -0.3 is 25.9 Å². The Morgan fingerprint density at radius 3 is 2.82 bits per heavy atom. The highest BCUT2D eigenvalue weighted by Crippen LogP contribution is 2.44. The number of anilines is 1. The highest BCUT2D eigenvalue weighted by atomic mass is 35.5. The summed E-state index contributed by atoms with van der Waals surface area (Å²) in [5.74, 6) is -1.40. The quantitative estimate of drug-likeness (QED) is 0.137. The van der Waals surface area contributed by atoms with Crippen molar-refractivity contribution in [1.82, 2.24) is 29.8 Å². The summed E-state index contributed by atoms with van der Waals surface area (Å²) in [5, 5.41) is 24.4. The molecule has 2 amide bonds. The number of thioether (sulfide) groups is 2. The second-order valence-electron chi connectivity index (χ2n) is 8.14. The number of aliphatic carboxylic acids is 1. The summed E-state index contributed by atoms with van der Waals surface area (Å²) in [5.41, 5.74) is 5.81. The van der Waals surface area contributed by atoms with Crippen LogP contribution in [0, 0.1) is 5.41 Å². The van der Waals surface area contributed by atoms with Gasteiger partial charge in [0.1, 0.15) is 22.3 Å². The molecule has 5 rings (SSSR count). The Labute approximate surface area is 236 Å². The number of nitrogens with zero attached hydrogens (tertiary/aromatic N) is 6. The topological polar surface area (TPSA) is 186 Å². The van der Waals surface area contributed by atoms with Crippen molar-refractivity contribution in [3.8, 4) is 5.75 Å². The summed E-state index contributed by atoms with van der Waals surface area (Å²) in [6.45, 7) is 0.0157. The van der Waals surface area contributed by atoms with E-state index in [0.29, 0.717) is 15.1 Å². The van der Waals surface area contributed by atoms with E-state index >= 15 is 0 Å². The standard InChI is InChI=1S/C20H17ClN8O5S4/c21-9-1-3-10(4-2-9)34-27-11(13-25-18(22)38-28-13)14(30)24-12-15(31)29-5-20(17(32)33,6-35-16(12)29)7-36-19-26-23-8-37-19/h1-4,8,12,16H,5-7H2,(H,24,30)(H,32,33)(H2,22,25,28)/t12?,16-,20?/m1/s1. The predicted molar refractivity (Wildman–Crippen MR) is 144 cm³/mol. The Balaban J connectivity index is 1.28. The van der Waals surface area contributed by atoms with Crippen LogP contribution in [0.1, 0.15) is 5.82 Å². The number of hydrogen-bond acceptors (Lipinski definition) is 14. The molecule has 0 radical (unpaired) electrons. The zero-order chi connectivity index (χ0) is 26.9. The van der Waals surface area contributed by atoms with Crippen LogP contribution in [-0.2, 0) is 14.4 Å². The number of rotatable bonds is 9. The van der Waals surface area contributed by atoms with Gasteiger partial charge in [-0.2, -0.15) is 9.36 Å². The van der Waals surface area contributed by atoms with Crippen molar-refractivity contribution in [3.63, 3.8) is 0 Å². The van der Waals surface area contributed by atoms with E-state index in [1.807, 2.05) is 0 Å². The molecule has 4 N–H and O–H groups in total. The van der Waals surface area contributed by atoms with Crippen molar-refractivity contribution in [2.24, 2.45) is 10.6 Å². The van der Waals surface area contributed by atoms with Crippen LogP contribution in [0.4, 0.5) is 5.13 Å². The van der Waals surface area contributed by atoms with Crippen molar-refractivity contribution in [3.05, 3.63) is 40.6 Å². The minimum atomic E-state index is -1.16. The summed E-state index contributed by atoms with van der Waals surface area (Å²) in [7, 11) is 0. The number of fused-ring (bicyclic) bond motifs is 1. The summed E-state index contributed by atoms with van der Waals surface area (Å²) in [4.78, 5) is 49.2. The number of carboxylic acid groups (broad SMARTS) is 1. The maximum absolute atomic E-state index is 13.2. The Bertz CT molecular complexity index is 1390. The fourth-order valence-corrected chi connectivity index (χ4v) is 7.56. The van der Waals surface area contributed by atoms with Gasteiger partial charge in [0.05, 0.1) is 0 Å². The zero-order valence-electron chi connectivity index (χ0n) is 19.0. The summed E-state index contributed by atoms with van der Waals surface area (Å²) in [6, 6.07) is 5.43. The second-order valence-corrected chi connectivity index (χ2v) is 12.5. The average Bonchev–Trinajstić information content (AvgIpc) is 3.59. The molecule has 3 atom stereocenters. The highest BCUT2D eigenvalue weighted by Gasteiger charge is 2.57. The lowest BCUT2D eigenvalue weighted by atomic mass is 9.89. The van der Waals surface area contributed by atoms with Gasteiger partial charge in [0, 0.05) is 34.6 Å². The van der Waals surface area contributed by atoms with Crippen LogP contribution in [0.3, 0.4) is 0 Å². The molecule has 38 heavy (non-hydrogen) atoms. The number of nitrogen functional groups attached to an aromatic ring is 1. The largest absolute Gasteiger partial charge is 0.481 e. The molecule has 0 aliphatic carbocycles. The third-order valence-corrected chi connectivity index (χ3v) is 10.2. The van der Waals surface area contributed by atoms with Gasteiger partial charge in [-0.05, 0) is 24.3 Å². The Kier molecular flexibility index (Phi) is 7.71. The molecular weight excluding hydrogens is 596 g/mol. The molecule has 4 heterocycles. The van der Waals surface area contributed by atoms with Crippen LogP contribution >= 0.6 is 58.0 Å². The smallest absolute Gasteiger partial charge is 0.313 e. The normalized spacial score (nSPS) is 22.9. The number of hydrogen-bond donors (Lipinski definition) is 3. The number of nitrogens with two attached hydrogens (primary N) is 1. The van der Waals surface area contributed by atoms with Gasteiger partial charge in [0.15, 0.2) is 15.2 Å². The van der Waals surface area contributed by atoms with Crippen LogP contribution in [0.5, 0.6) is 5.75 Å². The number of nitrogens with one attached hydrogen (secondary N) is 1. The molecule has 198 valence electrons. The molecule has 2 aliphatic heterocycles. The second kappa shape index (κ2) is 11.0. The number of aromatic nitrogens is 4.